The number of hydrogen-bond donors (Lipinski definition) is 1. The van der Waals surface area contributed by atoms with Gasteiger partial charge in [0.25, 0.3) is 0 Å². The van der Waals surface area contributed by atoms with E-state index in [-0.39, 0.29) is 17.2 Å². The largest absolute Gasteiger partial charge is 0.422 e. The van der Waals surface area contributed by atoms with Crippen LogP contribution in [0.4, 0.5) is 5.13 Å². The van der Waals surface area contributed by atoms with E-state index in [2.05, 4.69) is 10.3 Å². The molecule has 2 heterocycles. The predicted molar refractivity (Wildman–Crippen MR) is 115 cm³/mol. The van der Waals surface area contributed by atoms with Gasteiger partial charge < -0.3 is 9.73 Å². The van der Waals surface area contributed by atoms with Crippen LogP contribution in [-0.2, 0) is 21.1 Å². The maximum absolute atomic E-state index is 12.3. The van der Waals surface area contributed by atoms with Crippen molar-refractivity contribution in [2.75, 3.05) is 11.6 Å². The van der Waals surface area contributed by atoms with Gasteiger partial charge in [-0.05, 0) is 29.8 Å². The van der Waals surface area contributed by atoms with Gasteiger partial charge in [0.1, 0.15) is 5.58 Å². The molecular formula is C21H16N2O5S2. The van der Waals surface area contributed by atoms with Crippen molar-refractivity contribution >= 4 is 43.2 Å². The fourth-order valence-electron chi connectivity index (χ4n) is 2.90. The molecule has 0 saturated carbocycles. The van der Waals surface area contributed by atoms with Crippen molar-refractivity contribution in [3.63, 3.8) is 0 Å². The second-order valence-electron chi connectivity index (χ2n) is 6.66. The third-order valence-corrected chi connectivity index (χ3v) is 6.27. The van der Waals surface area contributed by atoms with Gasteiger partial charge in [0.2, 0.25) is 5.91 Å². The number of carbonyl (C=O) groups is 1. The van der Waals surface area contributed by atoms with Crippen molar-refractivity contribution < 1.29 is 17.6 Å². The zero-order valence-electron chi connectivity index (χ0n) is 15.8. The molecule has 0 radical (unpaired) electrons. The molecular weight excluding hydrogens is 424 g/mol. The minimum absolute atomic E-state index is 0.0665. The maximum Gasteiger partial charge on any atom is 0.345 e. The minimum Gasteiger partial charge on any atom is -0.422 e. The predicted octanol–water partition coefficient (Wildman–Crippen LogP) is 3.50. The van der Waals surface area contributed by atoms with Crippen molar-refractivity contribution in [1.29, 1.82) is 0 Å². The third kappa shape index (κ3) is 4.32. The zero-order chi connectivity index (χ0) is 21.3. The number of sulfone groups is 1. The second kappa shape index (κ2) is 7.85. The SMILES string of the molecule is CS(=O)(=O)c1ccc(CC(=O)Nc2nc(-c3cc4ccccc4oc3=O)cs2)cc1. The molecule has 0 unspecified atom stereocenters. The number of anilines is 1. The highest BCUT2D eigenvalue weighted by Gasteiger charge is 2.14. The first kappa shape index (κ1) is 20.0. The van der Waals surface area contributed by atoms with Crippen LogP contribution in [0.15, 0.2) is 74.1 Å². The molecule has 4 aromatic rings. The molecule has 0 saturated heterocycles. The first-order chi connectivity index (χ1) is 14.3. The van der Waals surface area contributed by atoms with E-state index < -0.39 is 15.5 Å². The molecule has 0 bridgehead atoms. The molecule has 1 amide bonds. The minimum atomic E-state index is -3.28. The monoisotopic (exact) mass is 440 g/mol. The van der Waals surface area contributed by atoms with Crippen LogP contribution in [0.1, 0.15) is 5.56 Å². The molecule has 0 spiro atoms. The van der Waals surface area contributed by atoms with Crippen molar-refractivity contribution in [2.24, 2.45) is 0 Å². The summed E-state index contributed by atoms with van der Waals surface area (Å²) < 4.78 is 28.3. The van der Waals surface area contributed by atoms with Crippen LogP contribution in [0.25, 0.3) is 22.2 Å². The fraction of sp³-hybridized carbons (Fsp3) is 0.0952. The Morgan fingerprint density at radius 1 is 1.13 bits per heavy atom. The highest BCUT2D eigenvalue weighted by Crippen LogP contribution is 2.25. The maximum atomic E-state index is 12.3. The van der Waals surface area contributed by atoms with Crippen LogP contribution in [0.3, 0.4) is 0 Å². The Labute approximate surface area is 175 Å². The highest BCUT2D eigenvalue weighted by atomic mass is 32.2. The average molecular weight is 441 g/mol. The number of hydrogen-bond acceptors (Lipinski definition) is 7. The van der Waals surface area contributed by atoms with Crippen LogP contribution in [0.5, 0.6) is 0 Å². The van der Waals surface area contributed by atoms with Crippen molar-refractivity contribution in [2.45, 2.75) is 11.3 Å². The van der Waals surface area contributed by atoms with Crippen molar-refractivity contribution in [3.05, 3.63) is 76.0 Å². The Kier molecular flexibility index (Phi) is 5.23. The molecule has 9 heteroatoms. The Morgan fingerprint density at radius 2 is 1.87 bits per heavy atom. The molecule has 4 rings (SSSR count). The van der Waals surface area contributed by atoms with E-state index in [0.717, 1.165) is 11.6 Å². The normalized spacial score (nSPS) is 11.5. The number of fused-ring (bicyclic) bond motifs is 1. The number of rotatable bonds is 5. The molecule has 0 atom stereocenters. The highest BCUT2D eigenvalue weighted by molar-refractivity contribution is 7.90. The number of carbonyl (C=O) groups excluding carboxylic acids is 1. The molecule has 30 heavy (non-hydrogen) atoms. The summed E-state index contributed by atoms with van der Waals surface area (Å²) in [4.78, 5) is 29.1. The Balaban J connectivity index is 1.49. The van der Waals surface area contributed by atoms with Gasteiger partial charge in [-0.2, -0.15) is 0 Å². The molecule has 152 valence electrons. The quantitative estimate of drug-likeness (QED) is 0.476. The lowest BCUT2D eigenvalue weighted by molar-refractivity contribution is -0.115. The number of thiazole rings is 1. The standard InChI is InChI=1S/C21H16N2O5S2/c1-30(26,27)15-8-6-13(7-9-15)10-19(24)23-21-22-17(12-29-21)16-11-14-4-2-3-5-18(14)28-20(16)25/h2-9,11-12H,10H2,1H3,(H,22,23,24). The van der Waals surface area contributed by atoms with E-state index in [1.54, 1.807) is 35.7 Å². The van der Waals surface area contributed by atoms with Gasteiger partial charge in [-0.25, -0.2) is 18.2 Å². The number of para-hydroxylation sites is 1. The first-order valence-corrected chi connectivity index (χ1v) is 11.6. The average Bonchev–Trinajstić information content (AvgIpc) is 3.15. The molecule has 2 aromatic heterocycles. The molecule has 7 nitrogen and oxygen atoms in total. The van der Waals surface area contributed by atoms with Crippen molar-refractivity contribution in [3.8, 4) is 11.3 Å². The lowest BCUT2D eigenvalue weighted by Gasteiger charge is -2.03. The van der Waals surface area contributed by atoms with Crippen LogP contribution in [0.2, 0.25) is 0 Å². The van der Waals surface area contributed by atoms with Crippen LogP contribution in [0, 0.1) is 0 Å². The summed E-state index contributed by atoms with van der Waals surface area (Å²) in [5.41, 5.74) is 1.42. The Hall–Kier alpha value is -3.30. The van der Waals surface area contributed by atoms with Crippen LogP contribution < -0.4 is 10.9 Å². The zero-order valence-corrected chi connectivity index (χ0v) is 17.4. The molecule has 0 aliphatic carbocycles. The van der Waals surface area contributed by atoms with E-state index in [0.29, 0.717) is 27.5 Å². The van der Waals surface area contributed by atoms with Gasteiger partial charge in [-0.3, -0.25) is 4.79 Å². The lowest BCUT2D eigenvalue weighted by Crippen LogP contribution is -2.14. The molecule has 0 fully saturated rings. The van der Waals surface area contributed by atoms with Gasteiger partial charge in [-0.1, -0.05) is 30.3 Å². The lowest BCUT2D eigenvalue weighted by atomic mass is 10.1. The summed E-state index contributed by atoms with van der Waals surface area (Å²) in [6.45, 7) is 0. The number of nitrogens with one attached hydrogen (secondary N) is 1. The fourth-order valence-corrected chi connectivity index (χ4v) is 4.26. The summed E-state index contributed by atoms with van der Waals surface area (Å²) in [7, 11) is -3.28. The van der Waals surface area contributed by atoms with E-state index in [1.165, 1.54) is 23.5 Å². The van der Waals surface area contributed by atoms with E-state index in [4.69, 9.17) is 4.42 Å². The summed E-state index contributed by atoms with van der Waals surface area (Å²) in [6, 6.07) is 15.0. The first-order valence-electron chi connectivity index (χ1n) is 8.87. The van der Waals surface area contributed by atoms with Gasteiger partial charge in [0.05, 0.1) is 22.6 Å². The van der Waals surface area contributed by atoms with Crippen LogP contribution in [-0.4, -0.2) is 25.6 Å². The molecule has 1 N–H and O–H groups in total. The van der Waals surface area contributed by atoms with Gasteiger partial charge >= 0.3 is 5.63 Å². The Morgan fingerprint density at radius 3 is 2.60 bits per heavy atom. The van der Waals surface area contributed by atoms with Crippen LogP contribution >= 0.6 is 11.3 Å². The Bertz CT molecular complexity index is 1400. The van der Waals surface area contributed by atoms with E-state index in [1.807, 2.05) is 12.1 Å². The van der Waals surface area contributed by atoms with Gasteiger partial charge in [0.15, 0.2) is 15.0 Å². The molecule has 0 aliphatic heterocycles. The smallest absolute Gasteiger partial charge is 0.345 e. The summed E-state index contributed by atoms with van der Waals surface area (Å²) in [5.74, 6) is -0.298. The topological polar surface area (TPSA) is 106 Å². The summed E-state index contributed by atoms with van der Waals surface area (Å²) in [6.07, 6.45) is 1.20. The molecule has 2 aromatic carbocycles. The summed E-state index contributed by atoms with van der Waals surface area (Å²) >= 11 is 1.20. The van der Waals surface area contributed by atoms with E-state index >= 15 is 0 Å². The number of amides is 1. The summed E-state index contributed by atoms with van der Waals surface area (Å²) in [5, 5.41) is 5.52. The molecule has 0 aliphatic rings. The number of benzene rings is 2. The third-order valence-electron chi connectivity index (χ3n) is 4.38. The number of aromatic nitrogens is 1. The van der Waals surface area contributed by atoms with Gasteiger partial charge in [0, 0.05) is 17.0 Å². The van der Waals surface area contributed by atoms with Crippen molar-refractivity contribution in [1.82, 2.24) is 4.98 Å². The second-order valence-corrected chi connectivity index (χ2v) is 9.54. The number of nitrogens with zero attached hydrogens (tertiary/aromatic N) is 1. The van der Waals surface area contributed by atoms with Gasteiger partial charge in [-0.15, -0.1) is 11.3 Å². The van der Waals surface area contributed by atoms with E-state index in [9.17, 15) is 18.0 Å².